The third-order valence-corrected chi connectivity index (χ3v) is 12.6. The average Bonchev–Trinajstić information content (AvgIpc) is 3.02. The van der Waals surface area contributed by atoms with Gasteiger partial charge in [0.15, 0.2) is 0 Å². The second-order valence-electron chi connectivity index (χ2n) is 11.9. The van der Waals surface area contributed by atoms with Gasteiger partial charge in [0.2, 0.25) is 0 Å². The van der Waals surface area contributed by atoms with Crippen molar-refractivity contribution < 1.29 is 4.52 Å². The summed E-state index contributed by atoms with van der Waals surface area (Å²) in [6.45, 7) is 13.7. The lowest BCUT2D eigenvalue weighted by Crippen LogP contribution is -2.33. The second-order valence-corrected chi connectivity index (χ2v) is 16.1. The Labute approximate surface area is 225 Å². The molecular formula is C30H39IN2OS. The number of nitrogens with zero attached hydrogens (tertiary/aromatic N) is 2. The van der Waals surface area contributed by atoms with Gasteiger partial charge in [-0.2, -0.15) is 0 Å². The average molecular weight is 603 g/mol. The fourth-order valence-electron chi connectivity index (χ4n) is 5.89. The molecule has 2 aliphatic carbocycles. The molecule has 1 saturated carbocycles. The SMILES string of the molecule is Cc1noc(C)c1/C=C1\CCCC(C2=NC(c3ccc4c(c3)C(C)(C)CCC4(C)C)I=CS2)CC1. The summed E-state index contributed by atoms with van der Waals surface area (Å²) < 4.78 is 8.27. The minimum Gasteiger partial charge on any atom is -0.361 e. The van der Waals surface area contributed by atoms with Gasteiger partial charge in [-0.05, 0) is 86.3 Å². The van der Waals surface area contributed by atoms with Crippen molar-refractivity contribution in [1.29, 1.82) is 0 Å². The van der Waals surface area contributed by atoms with Crippen LogP contribution in [0, 0.1) is 19.8 Å². The smallest absolute Gasteiger partial charge is 0.141 e. The molecule has 3 aliphatic rings. The molecule has 2 unspecified atom stereocenters. The Morgan fingerprint density at radius 1 is 1.03 bits per heavy atom. The van der Waals surface area contributed by atoms with Crippen molar-refractivity contribution in [2.24, 2.45) is 10.9 Å². The molecule has 35 heavy (non-hydrogen) atoms. The van der Waals surface area contributed by atoms with E-state index in [1.54, 1.807) is 11.1 Å². The van der Waals surface area contributed by atoms with E-state index in [0.29, 0.717) is 9.97 Å². The molecule has 1 aliphatic heterocycles. The molecule has 0 bridgehead atoms. The second kappa shape index (κ2) is 9.92. The minimum absolute atomic E-state index is 0.0800. The van der Waals surface area contributed by atoms with E-state index in [1.807, 2.05) is 25.6 Å². The third-order valence-electron chi connectivity index (χ3n) is 8.38. The maximum atomic E-state index is 5.43. The lowest BCUT2D eigenvalue weighted by molar-refractivity contribution is 0.331. The lowest BCUT2D eigenvalue weighted by Gasteiger charge is -2.42. The highest BCUT2D eigenvalue weighted by molar-refractivity contribution is 14.2. The number of rotatable bonds is 3. The highest BCUT2D eigenvalue weighted by atomic mass is 127. The first kappa shape index (κ1) is 25.4. The molecular weight excluding hydrogens is 563 g/mol. The van der Waals surface area contributed by atoms with E-state index in [9.17, 15) is 0 Å². The van der Waals surface area contributed by atoms with Gasteiger partial charge < -0.3 is 4.52 Å². The van der Waals surface area contributed by atoms with Gasteiger partial charge in [-0.15, -0.1) is 0 Å². The van der Waals surface area contributed by atoms with Gasteiger partial charge >= 0.3 is 0 Å². The topological polar surface area (TPSA) is 38.4 Å². The Hall–Kier alpha value is -1.21. The minimum atomic E-state index is -0.0800. The first-order valence-corrected chi connectivity index (χ1v) is 16.5. The molecule has 1 aromatic carbocycles. The zero-order valence-corrected chi connectivity index (χ0v) is 25.1. The van der Waals surface area contributed by atoms with Gasteiger partial charge in [-0.3, -0.25) is 4.99 Å². The highest BCUT2D eigenvalue weighted by Gasteiger charge is 2.37. The van der Waals surface area contributed by atoms with E-state index in [4.69, 9.17) is 9.52 Å². The number of thioether (sulfide) groups is 1. The van der Waals surface area contributed by atoms with E-state index < -0.39 is 0 Å². The molecule has 2 aromatic rings. The fourth-order valence-corrected chi connectivity index (χ4v) is 10.2. The molecule has 0 radical (unpaired) electrons. The molecule has 0 amide bonds. The van der Waals surface area contributed by atoms with Crippen molar-refractivity contribution in [3.8, 4) is 0 Å². The van der Waals surface area contributed by atoms with Crippen LogP contribution < -0.4 is 0 Å². The summed E-state index contributed by atoms with van der Waals surface area (Å²) in [7, 11) is 0. The van der Waals surface area contributed by atoms with Gasteiger partial charge in [0.25, 0.3) is 0 Å². The standard InChI is InChI=1S/C30H39IN2OS/c1-19-24(20(2)34-33-19)16-21-8-7-9-22(11-10-21)28-32-27(31-18-35-28)23-12-13-25-26(17-23)30(5,6)15-14-29(25,3)4/h12-13,16-18,22,27H,7-11,14-15H2,1-6H3/b21-16+. The van der Waals surface area contributed by atoms with Crippen molar-refractivity contribution in [3.63, 3.8) is 0 Å². The van der Waals surface area contributed by atoms with Crippen LogP contribution in [0.5, 0.6) is 0 Å². The van der Waals surface area contributed by atoms with E-state index >= 15 is 0 Å². The number of benzene rings is 1. The molecule has 5 heteroatoms. The Morgan fingerprint density at radius 2 is 1.80 bits per heavy atom. The van der Waals surface area contributed by atoms with Gasteiger partial charge in [0.05, 0.1) is 10.7 Å². The summed E-state index contributed by atoms with van der Waals surface area (Å²) in [6.07, 6.45) is 10.9. The third kappa shape index (κ3) is 5.27. The van der Waals surface area contributed by atoms with Crippen LogP contribution in [0.4, 0.5) is 0 Å². The summed E-state index contributed by atoms with van der Waals surface area (Å²) in [6, 6.07) is 7.36. The van der Waals surface area contributed by atoms with Crippen LogP contribution in [0.25, 0.3) is 6.08 Å². The summed E-state index contributed by atoms with van der Waals surface area (Å²) in [5.41, 5.74) is 8.81. The molecule has 0 spiro atoms. The zero-order valence-electron chi connectivity index (χ0n) is 22.1. The normalized spacial score (nSPS) is 27.0. The van der Waals surface area contributed by atoms with Crippen molar-refractivity contribution in [1.82, 2.24) is 5.16 Å². The molecule has 1 fully saturated rings. The summed E-state index contributed by atoms with van der Waals surface area (Å²) in [5, 5.41) is 5.52. The summed E-state index contributed by atoms with van der Waals surface area (Å²) >= 11 is 1.87. The van der Waals surface area contributed by atoms with E-state index in [-0.39, 0.29) is 31.6 Å². The molecule has 0 N–H and O–H groups in total. The Kier molecular flexibility index (Phi) is 7.21. The van der Waals surface area contributed by atoms with Gasteiger partial charge in [-0.25, -0.2) is 0 Å². The quantitative estimate of drug-likeness (QED) is 0.152. The van der Waals surface area contributed by atoms with E-state index in [2.05, 4.69) is 60.5 Å². The number of hydrogen-bond acceptors (Lipinski definition) is 4. The molecule has 0 saturated heterocycles. The molecule has 3 nitrogen and oxygen atoms in total. The molecule has 1 aromatic heterocycles. The predicted molar refractivity (Wildman–Crippen MR) is 160 cm³/mol. The monoisotopic (exact) mass is 602 g/mol. The Bertz CT molecular complexity index is 1180. The number of halogens is 1. The van der Waals surface area contributed by atoms with Gasteiger partial charge in [0, 0.05) is 14.8 Å². The van der Waals surface area contributed by atoms with Crippen LogP contribution in [0.15, 0.2) is 33.3 Å². The number of alkyl halides is 1. The van der Waals surface area contributed by atoms with Crippen LogP contribution in [-0.2, 0) is 10.8 Å². The highest BCUT2D eigenvalue weighted by Crippen LogP contribution is 2.48. The molecule has 2 heterocycles. The Morgan fingerprint density at radius 3 is 2.54 bits per heavy atom. The maximum absolute atomic E-state index is 5.43. The van der Waals surface area contributed by atoms with Crippen LogP contribution >= 0.6 is 32.5 Å². The molecule has 5 rings (SSSR count). The number of fused-ring (bicyclic) bond motifs is 1. The van der Waals surface area contributed by atoms with Crippen molar-refractivity contribution in [2.75, 3.05) is 0 Å². The number of aromatic nitrogens is 1. The van der Waals surface area contributed by atoms with Crippen molar-refractivity contribution >= 4 is 47.0 Å². The molecule has 2 atom stereocenters. The number of hydrogen-bond donors (Lipinski definition) is 0. The van der Waals surface area contributed by atoms with Crippen molar-refractivity contribution in [2.45, 2.75) is 101 Å². The Balaban J connectivity index is 1.36. The van der Waals surface area contributed by atoms with E-state index in [1.165, 1.54) is 60.3 Å². The predicted octanol–water partition coefficient (Wildman–Crippen LogP) is 9.18. The number of allylic oxidation sites excluding steroid dienone is 1. The largest absolute Gasteiger partial charge is 0.361 e. The number of aliphatic imine (C=N–C) groups is 1. The molecule has 188 valence electrons. The van der Waals surface area contributed by atoms with Crippen LogP contribution in [0.1, 0.15) is 110 Å². The van der Waals surface area contributed by atoms with Gasteiger partial charge in [-0.1, -0.05) is 95.2 Å². The first-order chi connectivity index (χ1) is 16.6. The van der Waals surface area contributed by atoms with Crippen LogP contribution in [0.3, 0.4) is 0 Å². The summed E-state index contributed by atoms with van der Waals surface area (Å²) in [5.74, 6) is 1.52. The summed E-state index contributed by atoms with van der Waals surface area (Å²) in [4.78, 5) is 5.43. The lowest BCUT2D eigenvalue weighted by atomic mass is 9.63. The van der Waals surface area contributed by atoms with Crippen LogP contribution in [-0.4, -0.2) is 13.5 Å². The van der Waals surface area contributed by atoms with Gasteiger partial charge in [0.1, 0.15) is 9.81 Å². The van der Waals surface area contributed by atoms with Crippen LogP contribution in [0.2, 0.25) is 0 Å². The maximum Gasteiger partial charge on any atom is 0.141 e. The zero-order chi connectivity index (χ0) is 24.8. The van der Waals surface area contributed by atoms with E-state index in [0.717, 1.165) is 17.9 Å². The fraction of sp³-hybridized carbons (Fsp3) is 0.567. The van der Waals surface area contributed by atoms with Crippen molar-refractivity contribution in [3.05, 3.63) is 57.5 Å². The first-order valence-electron chi connectivity index (χ1n) is 13.1. The number of aryl methyl sites for hydroxylation is 2.